The van der Waals surface area contributed by atoms with Crippen LogP contribution in [0, 0.1) is 11.8 Å². The summed E-state index contributed by atoms with van der Waals surface area (Å²) >= 11 is 0. The quantitative estimate of drug-likeness (QED) is 0.0226. The summed E-state index contributed by atoms with van der Waals surface area (Å²) in [6, 6.07) is -1.21. The summed E-state index contributed by atoms with van der Waals surface area (Å²) in [7, 11) is 0. The van der Waals surface area contributed by atoms with Crippen molar-refractivity contribution >= 4 is 53.3 Å². The van der Waals surface area contributed by atoms with Crippen LogP contribution in [0.3, 0.4) is 0 Å². The van der Waals surface area contributed by atoms with E-state index in [4.69, 9.17) is 17.2 Å². The molecule has 0 aliphatic heterocycles. The number of aliphatic carboxylic acids is 2. The number of amides is 6. The molecule has 342 valence electrons. The van der Waals surface area contributed by atoms with Crippen LogP contribution in [-0.2, 0) is 44.8 Å². The lowest BCUT2D eigenvalue weighted by Crippen LogP contribution is -2.62. The molecular formula is C39H64N10O12. The van der Waals surface area contributed by atoms with Gasteiger partial charge in [0.25, 0.3) is 0 Å². The molecule has 0 saturated heterocycles. The monoisotopic (exact) mass is 864 g/mol. The summed E-state index contributed by atoms with van der Waals surface area (Å²) in [6.45, 7) is 7.12. The Bertz CT molecular complexity index is 1660. The van der Waals surface area contributed by atoms with Gasteiger partial charge in [0, 0.05) is 13.0 Å². The number of carboxylic acids is 2. The molecule has 0 heterocycles. The lowest BCUT2D eigenvalue weighted by molar-refractivity contribution is -0.143. The summed E-state index contributed by atoms with van der Waals surface area (Å²) < 4.78 is 0. The van der Waals surface area contributed by atoms with Gasteiger partial charge in [0.05, 0.1) is 18.8 Å². The lowest BCUT2D eigenvalue weighted by Gasteiger charge is -2.29. The van der Waals surface area contributed by atoms with Crippen molar-refractivity contribution in [2.45, 2.75) is 128 Å². The molecule has 0 unspecified atom stereocenters. The largest absolute Gasteiger partial charge is 0.481 e. The first kappa shape index (κ1) is 53.1. The van der Waals surface area contributed by atoms with Crippen LogP contribution in [0.5, 0.6) is 0 Å². The first-order chi connectivity index (χ1) is 28.6. The number of rotatable bonds is 28. The van der Waals surface area contributed by atoms with Crippen LogP contribution < -0.4 is 49.1 Å². The second kappa shape index (κ2) is 27.1. The van der Waals surface area contributed by atoms with E-state index in [9.17, 15) is 58.8 Å². The third kappa shape index (κ3) is 19.8. The van der Waals surface area contributed by atoms with Crippen molar-refractivity contribution in [1.82, 2.24) is 31.9 Å². The molecule has 1 aromatic carbocycles. The predicted molar refractivity (Wildman–Crippen MR) is 222 cm³/mol. The van der Waals surface area contributed by atoms with E-state index >= 15 is 0 Å². The van der Waals surface area contributed by atoms with Gasteiger partial charge in [0.15, 0.2) is 5.96 Å². The molecule has 9 atom stereocenters. The smallest absolute Gasteiger partial charge is 0.326 e. The maximum Gasteiger partial charge on any atom is 0.326 e. The van der Waals surface area contributed by atoms with Gasteiger partial charge in [-0.2, -0.15) is 0 Å². The van der Waals surface area contributed by atoms with Gasteiger partial charge in [-0.05, 0) is 56.4 Å². The van der Waals surface area contributed by atoms with Crippen LogP contribution in [-0.4, -0.2) is 135 Å². The fraction of sp³-hybridized carbons (Fsp3) is 0.615. The van der Waals surface area contributed by atoms with Gasteiger partial charge in [-0.1, -0.05) is 64.4 Å². The summed E-state index contributed by atoms with van der Waals surface area (Å²) in [5.41, 5.74) is 17.4. The first-order valence-corrected chi connectivity index (χ1v) is 20.0. The van der Waals surface area contributed by atoms with Gasteiger partial charge in [0.1, 0.15) is 36.3 Å². The van der Waals surface area contributed by atoms with Crippen LogP contribution >= 0.6 is 0 Å². The Kier molecular flexibility index (Phi) is 23.6. The molecule has 22 nitrogen and oxygen atoms in total. The number of hydrogen-bond donors (Lipinski definition) is 13. The Hall–Kier alpha value is -5.87. The molecule has 0 aromatic heterocycles. The number of guanidine groups is 1. The Morgan fingerprint density at radius 3 is 1.74 bits per heavy atom. The highest BCUT2D eigenvalue weighted by Gasteiger charge is 2.36. The normalized spacial score (nSPS) is 15.5. The van der Waals surface area contributed by atoms with Gasteiger partial charge in [0.2, 0.25) is 35.4 Å². The number of aliphatic hydroxyl groups excluding tert-OH is 2. The number of aliphatic hydroxyl groups is 2. The van der Waals surface area contributed by atoms with Gasteiger partial charge in [-0.15, -0.1) is 0 Å². The standard InChI is InChI=1S/C39H64N10O12/c1-6-21(4)30(36(58)47-28(19-50)35(57)45-26(38(60)61)13-10-16-43-39(41)42)48-33(55)25(14-15-29(52)53)44-34(56)27(17-20(2)3)46-37(59)31(22(5)51)49-32(54)24(40)18-23-11-8-7-9-12-23/h7-9,11-12,20-22,24-28,30-31,50-51H,6,10,13-19,40H2,1-5H3,(H,44,56)(H,45,57)(H,46,59)(H,47,58)(H,48,55)(H,49,54)(H,52,53)(H,60,61)(H4,41,42,43)/t21-,22+,24-,25-,26-,27-,28-,30-,31-/m0/s1. The number of benzene rings is 1. The number of carbonyl (C=O) groups is 8. The zero-order valence-corrected chi connectivity index (χ0v) is 35.3. The average molecular weight is 865 g/mol. The molecule has 61 heavy (non-hydrogen) atoms. The molecule has 22 heteroatoms. The van der Waals surface area contributed by atoms with Gasteiger partial charge in [-0.25, -0.2) is 4.79 Å². The summed E-state index contributed by atoms with van der Waals surface area (Å²) in [4.78, 5) is 108. The summed E-state index contributed by atoms with van der Waals surface area (Å²) in [5.74, 6) is -9.39. The number of carbonyl (C=O) groups excluding carboxylic acids is 6. The molecule has 0 saturated carbocycles. The minimum Gasteiger partial charge on any atom is -0.481 e. The fourth-order valence-electron chi connectivity index (χ4n) is 5.84. The molecule has 0 aliphatic carbocycles. The molecule has 0 fully saturated rings. The fourth-order valence-corrected chi connectivity index (χ4v) is 5.84. The maximum atomic E-state index is 13.8. The van der Waals surface area contributed by atoms with Gasteiger partial charge < -0.3 is 69.5 Å². The number of nitrogens with zero attached hydrogens (tertiary/aromatic N) is 1. The summed E-state index contributed by atoms with van der Waals surface area (Å²) in [6.07, 6.45) is -2.01. The zero-order valence-electron chi connectivity index (χ0n) is 35.3. The van der Waals surface area contributed by atoms with Crippen molar-refractivity contribution < 1.29 is 58.8 Å². The number of nitrogens with one attached hydrogen (secondary N) is 6. The molecular weight excluding hydrogens is 800 g/mol. The molecule has 0 spiro atoms. The summed E-state index contributed by atoms with van der Waals surface area (Å²) in [5, 5.41) is 53.9. The molecule has 0 bridgehead atoms. The van der Waals surface area contributed by atoms with E-state index in [1.165, 1.54) is 6.92 Å². The van der Waals surface area contributed by atoms with Crippen molar-refractivity contribution in [2.24, 2.45) is 34.0 Å². The molecule has 0 radical (unpaired) electrons. The molecule has 6 amide bonds. The van der Waals surface area contributed by atoms with Crippen LogP contribution in [0.25, 0.3) is 0 Å². The second-order valence-electron chi connectivity index (χ2n) is 15.2. The van der Waals surface area contributed by atoms with E-state index in [2.05, 4.69) is 36.9 Å². The molecule has 1 aromatic rings. The highest BCUT2D eigenvalue weighted by molar-refractivity contribution is 5.97. The van der Waals surface area contributed by atoms with Crippen LogP contribution in [0.15, 0.2) is 35.3 Å². The van der Waals surface area contributed by atoms with Crippen LogP contribution in [0.1, 0.15) is 78.7 Å². The number of hydrogen-bond acceptors (Lipinski definition) is 12. The highest BCUT2D eigenvalue weighted by Crippen LogP contribution is 2.12. The van der Waals surface area contributed by atoms with E-state index in [0.29, 0.717) is 0 Å². The van der Waals surface area contributed by atoms with Crippen molar-refractivity contribution in [1.29, 1.82) is 0 Å². The average Bonchev–Trinajstić information content (AvgIpc) is 3.19. The second-order valence-corrected chi connectivity index (χ2v) is 15.2. The third-order valence-corrected chi connectivity index (χ3v) is 9.49. The van der Waals surface area contributed by atoms with Gasteiger partial charge in [-0.3, -0.25) is 38.6 Å². The van der Waals surface area contributed by atoms with E-state index in [1.54, 1.807) is 58.0 Å². The van der Waals surface area contributed by atoms with Crippen molar-refractivity contribution in [3.63, 3.8) is 0 Å². The van der Waals surface area contributed by atoms with Crippen molar-refractivity contribution in [3.8, 4) is 0 Å². The Morgan fingerprint density at radius 1 is 0.689 bits per heavy atom. The first-order valence-electron chi connectivity index (χ1n) is 20.0. The minimum absolute atomic E-state index is 0.000353. The van der Waals surface area contributed by atoms with Crippen molar-refractivity contribution in [2.75, 3.05) is 13.2 Å². The zero-order chi connectivity index (χ0) is 46.4. The topological polar surface area (TPSA) is 380 Å². The number of nitrogens with two attached hydrogens (primary N) is 3. The molecule has 16 N–H and O–H groups in total. The predicted octanol–water partition coefficient (Wildman–Crippen LogP) is -3.07. The van der Waals surface area contributed by atoms with E-state index < -0.39 is 121 Å². The van der Waals surface area contributed by atoms with Crippen LogP contribution in [0.4, 0.5) is 0 Å². The highest BCUT2D eigenvalue weighted by atomic mass is 16.4. The van der Waals surface area contributed by atoms with Crippen molar-refractivity contribution in [3.05, 3.63) is 35.9 Å². The maximum absolute atomic E-state index is 13.8. The number of aliphatic imine (C=N–C) groups is 1. The number of carboxylic acid groups (broad SMARTS) is 2. The molecule has 1 rings (SSSR count). The van der Waals surface area contributed by atoms with E-state index in [-0.39, 0.29) is 50.5 Å². The van der Waals surface area contributed by atoms with Gasteiger partial charge >= 0.3 is 11.9 Å². The Balaban J connectivity index is 3.24. The SMILES string of the molecule is CC[C@H](C)[C@H](NC(=O)[C@H](CCC(=O)O)NC(=O)[C@H](CC(C)C)NC(=O)[C@@H](NC(=O)[C@@H](N)Cc1ccccc1)[C@@H](C)O)C(=O)N[C@@H](CO)C(=O)N[C@@H](CCCN=C(N)N)C(=O)O. The third-order valence-electron chi connectivity index (χ3n) is 9.49. The van der Waals surface area contributed by atoms with Crippen LogP contribution in [0.2, 0.25) is 0 Å². The Labute approximate surface area is 354 Å². The van der Waals surface area contributed by atoms with E-state index in [1.807, 2.05) is 0 Å². The Morgan fingerprint density at radius 2 is 1.21 bits per heavy atom. The lowest BCUT2D eigenvalue weighted by atomic mass is 9.97. The van der Waals surface area contributed by atoms with E-state index in [0.717, 1.165) is 5.56 Å². The molecule has 0 aliphatic rings. The minimum atomic E-state index is -1.66.